The van der Waals surface area contributed by atoms with Gasteiger partial charge in [0.25, 0.3) is 0 Å². The highest BCUT2D eigenvalue weighted by Crippen LogP contribution is 2.34. The van der Waals surface area contributed by atoms with Crippen molar-refractivity contribution in [3.8, 4) is 0 Å². The van der Waals surface area contributed by atoms with Crippen LogP contribution < -0.4 is 0 Å². The molecule has 88 valence electrons. The van der Waals surface area contributed by atoms with Crippen LogP contribution in [0.25, 0.3) is 21.5 Å². The van der Waals surface area contributed by atoms with Crippen LogP contribution in [0.5, 0.6) is 0 Å². The van der Waals surface area contributed by atoms with Crippen LogP contribution in [0.3, 0.4) is 0 Å². The predicted octanol–water partition coefficient (Wildman–Crippen LogP) is 4.45. The molecule has 0 aliphatic rings. The van der Waals surface area contributed by atoms with Crippen LogP contribution in [0.4, 0.5) is 0 Å². The predicted molar refractivity (Wildman–Crippen MR) is 76.1 cm³/mol. The van der Waals surface area contributed by atoms with Gasteiger partial charge in [0.15, 0.2) is 0 Å². The lowest BCUT2D eigenvalue weighted by molar-refractivity contribution is 0.0699. The summed E-state index contributed by atoms with van der Waals surface area (Å²) in [4.78, 5) is 11.3. The van der Waals surface area contributed by atoms with E-state index in [2.05, 4.69) is 15.9 Å². The fourth-order valence-electron chi connectivity index (χ4n) is 2.29. The van der Waals surface area contributed by atoms with E-state index in [-0.39, 0.29) is 0 Å². The van der Waals surface area contributed by atoms with Crippen molar-refractivity contribution in [3.63, 3.8) is 0 Å². The number of carboxylic acids is 1. The number of hydrogen-bond acceptors (Lipinski definition) is 1. The summed E-state index contributed by atoms with van der Waals surface area (Å²) in [6, 6.07) is 15.3. The summed E-state index contributed by atoms with van der Waals surface area (Å²) in [5.41, 5.74) is 0.324. The van der Waals surface area contributed by atoms with Gasteiger partial charge in [-0.05, 0) is 28.3 Å². The molecule has 0 aliphatic carbocycles. The third-order valence-electron chi connectivity index (χ3n) is 3.07. The van der Waals surface area contributed by atoms with Crippen molar-refractivity contribution >= 4 is 43.4 Å². The SMILES string of the molecule is O=C(O)c1cccc2c1c(Br)cc1ccccc12. The maximum atomic E-state index is 11.3. The van der Waals surface area contributed by atoms with Gasteiger partial charge >= 0.3 is 5.97 Å². The van der Waals surface area contributed by atoms with Crippen molar-refractivity contribution in [1.82, 2.24) is 0 Å². The average Bonchev–Trinajstić information content (AvgIpc) is 2.38. The van der Waals surface area contributed by atoms with E-state index in [4.69, 9.17) is 0 Å². The van der Waals surface area contributed by atoms with Crippen LogP contribution in [0, 0.1) is 0 Å². The van der Waals surface area contributed by atoms with Crippen molar-refractivity contribution in [1.29, 1.82) is 0 Å². The van der Waals surface area contributed by atoms with E-state index in [0.717, 1.165) is 26.0 Å². The van der Waals surface area contributed by atoms with Crippen LogP contribution in [0.1, 0.15) is 10.4 Å². The standard InChI is InChI=1S/C15H9BrO2/c16-13-8-9-4-1-2-5-10(9)11-6-3-7-12(14(11)13)15(17)18/h1-8H,(H,17,18). The second kappa shape index (κ2) is 4.10. The Labute approximate surface area is 112 Å². The van der Waals surface area contributed by atoms with E-state index in [1.54, 1.807) is 12.1 Å². The summed E-state index contributed by atoms with van der Waals surface area (Å²) < 4.78 is 0.814. The topological polar surface area (TPSA) is 37.3 Å². The molecule has 0 fully saturated rings. The number of hydrogen-bond donors (Lipinski definition) is 1. The third-order valence-corrected chi connectivity index (χ3v) is 3.69. The molecule has 2 nitrogen and oxygen atoms in total. The van der Waals surface area contributed by atoms with Crippen molar-refractivity contribution in [2.75, 3.05) is 0 Å². The second-order valence-corrected chi connectivity index (χ2v) is 4.97. The number of benzene rings is 3. The summed E-state index contributed by atoms with van der Waals surface area (Å²) in [5.74, 6) is -0.906. The van der Waals surface area contributed by atoms with Crippen molar-refractivity contribution in [3.05, 3.63) is 58.6 Å². The minimum atomic E-state index is -0.906. The van der Waals surface area contributed by atoms with Crippen molar-refractivity contribution in [2.45, 2.75) is 0 Å². The van der Waals surface area contributed by atoms with E-state index >= 15 is 0 Å². The van der Waals surface area contributed by atoms with E-state index < -0.39 is 5.97 Å². The summed E-state index contributed by atoms with van der Waals surface area (Å²) in [5, 5.41) is 13.1. The summed E-state index contributed by atoms with van der Waals surface area (Å²) >= 11 is 3.47. The zero-order chi connectivity index (χ0) is 12.7. The Kier molecular flexibility index (Phi) is 2.56. The highest BCUT2D eigenvalue weighted by Gasteiger charge is 2.12. The highest BCUT2D eigenvalue weighted by atomic mass is 79.9. The molecule has 3 aromatic carbocycles. The first kappa shape index (κ1) is 11.2. The molecule has 0 heterocycles. The van der Waals surface area contributed by atoms with Crippen LogP contribution in [0.2, 0.25) is 0 Å². The molecular weight excluding hydrogens is 292 g/mol. The zero-order valence-electron chi connectivity index (χ0n) is 9.35. The van der Waals surface area contributed by atoms with Gasteiger partial charge in [-0.3, -0.25) is 0 Å². The van der Waals surface area contributed by atoms with Crippen LogP contribution in [0.15, 0.2) is 53.0 Å². The minimum Gasteiger partial charge on any atom is -0.478 e. The van der Waals surface area contributed by atoms with Crippen LogP contribution >= 0.6 is 15.9 Å². The number of rotatable bonds is 1. The molecule has 0 saturated heterocycles. The Morgan fingerprint density at radius 1 is 1.00 bits per heavy atom. The Morgan fingerprint density at radius 3 is 2.50 bits per heavy atom. The minimum absolute atomic E-state index is 0.324. The van der Waals surface area contributed by atoms with Gasteiger partial charge in [0.1, 0.15) is 0 Å². The first-order valence-electron chi connectivity index (χ1n) is 5.52. The summed E-state index contributed by atoms with van der Waals surface area (Å²) in [6.07, 6.45) is 0. The molecule has 0 unspecified atom stereocenters. The second-order valence-electron chi connectivity index (χ2n) is 4.11. The Bertz CT molecular complexity index is 778. The molecule has 0 amide bonds. The van der Waals surface area contributed by atoms with Gasteiger partial charge in [0.05, 0.1) is 5.56 Å². The molecule has 0 radical (unpaired) electrons. The molecule has 0 bridgehead atoms. The first-order valence-corrected chi connectivity index (χ1v) is 6.31. The largest absolute Gasteiger partial charge is 0.478 e. The van der Waals surface area contributed by atoms with Gasteiger partial charge < -0.3 is 5.11 Å². The van der Waals surface area contributed by atoms with Gasteiger partial charge in [-0.25, -0.2) is 4.79 Å². The van der Waals surface area contributed by atoms with E-state index in [9.17, 15) is 9.90 Å². The fourth-order valence-corrected chi connectivity index (χ4v) is 2.96. The maximum absolute atomic E-state index is 11.3. The number of aromatic carboxylic acids is 1. The average molecular weight is 301 g/mol. The Morgan fingerprint density at radius 2 is 1.72 bits per heavy atom. The quantitative estimate of drug-likeness (QED) is 0.674. The lowest BCUT2D eigenvalue weighted by Gasteiger charge is -2.08. The molecular formula is C15H9BrO2. The fraction of sp³-hybridized carbons (Fsp3) is 0. The number of carbonyl (C=O) groups is 1. The molecule has 18 heavy (non-hydrogen) atoms. The molecule has 0 spiro atoms. The monoisotopic (exact) mass is 300 g/mol. The van der Waals surface area contributed by atoms with Gasteiger partial charge in [0, 0.05) is 9.86 Å². The van der Waals surface area contributed by atoms with Gasteiger partial charge in [-0.2, -0.15) is 0 Å². The van der Waals surface area contributed by atoms with E-state index in [0.29, 0.717) is 5.56 Å². The molecule has 0 aliphatic heterocycles. The smallest absolute Gasteiger partial charge is 0.336 e. The summed E-state index contributed by atoms with van der Waals surface area (Å²) in [7, 11) is 0. The number of carboxylic acid groups (broad SMARTS) is 1. The maximum Gasteiger partial charge on any atom is 0.336 e. The molecule has 3 heteroatoms. The summed E-state index contributed by atoms with van der Waals surface area (Å²) in [6.45, 7) is 0. The van der Waals surface area contributed by atoms with Crippen molar-refractivity contribution in [2.24, 2.45) is 0 Å². The zero-order valence-corrected chi connectivity index (χ0v) is 10.9. The molecule has 0 atom stereocenters. The third kappa shape index (κ3) is 1.59. The Balaban J connectivity index is 2.59. The van der Waals surface area contributed by atoms with Crippen LogP contribution in [-0.4, -0.2) is 11.1 Å². The number of fused-ring (bicyclic) bond motifs is 3. The molecule has 1 N–H and O–H groups in total. The lowest BCUT2D eigenvalue weighted by atomic mass is 9.98. The molecule has 3 aromatic rings. The Hall–Kier alpha value is -1.87. The molecule has 3 rings (SSSR count). The van der Waals surface area contributed by atoms with Gasteiger partial charge in [0.2, 0.25) is 0 Å². The van der Waals surface area contributed by atoms with Gasteiger partial charge in [-0.15, -0.1) is 0 Å². The first-order chi connectivity index (χ1) is 8.68. The van der Waals surface area contributed by atoms with E-state index in [1.165, 1.54) is 0 Å². The molecule has 0 saturated carbocycles. The lowest BCUT2D eigenvalue weighted by Crippen LogP contribution is -1.97. The van der Waals surface area contributed by atoms with Gasteiger partial charge in [-0.1, -0.05) is 52.3 Å². The van der Waals surface area contributed by atoms with Crippen LogP contribution in [-0.2, 0) is 0 Å². The highest BCUT2D eigenvalue weighted by molar-refractivity contribution is 9.10. The molecule has 0 aromatic heterocycles. The van der Waals surface area contributed by atoms with E-state index in [1.807, 2.05) is 36.4 Å². The van der Waals surface area contributed by atoms with Crippen molar-refractivity contribution < 1.29 is 9.90 Å². The normalized spacial score (nSPS) is 10.9. The number of halogens is 1.